The van der Waals surface area contributed by atoms with Gasteiger partial charge in [0.25, 0.3) is 0 Å². The lowest BCUT2D eigenvalue weighted by Crippen LogP contribution is -2.37. The fourth-order valence-electron chi connectivity index (χ4n) is 1.43. The third kappa shape index (κ3) is 4.68. The van der Waals surface area contributed by atoms with Crippen LogP contribution in [0.5, 0.6) is 0 Å². The summed E-state index contributed by atoms with van der Waals surface area (Å²) in [6, 6.07) is 1.52. The van der Waals surface area contributed by atoms with Crippen molar-refractivity contribution >= 4 is 12.0 Å². The first-order chi connectivity index (χ1) is 8.67. The third-order valence-electron chi connectivity index (χ3n) is 2.50. The van der Waals surface area contributed by atoms with Gasteiger partial charge in [-0.05, 0) is 18.6 Å². The SMILES string of the molecule is COCCC(CO)NC(=O)/C=C/c1ccnn1C. The molecule has 0 aliphatic heterocycles. The van der Waals surface area contributed by atoms with E-state index in [0.29, 0.717) is 13.0 Å². The lowest BCUT2D eigenvalue weighted by atomic mass is 10.2. The number of methoxy groups -OCH3 is 1. The van der Waals surface area contributed by atoms with Gasteiger partial charge in [-0.25, -0.2) is 0 Å². The molecule has 2 N–H and O–H groups in total. The molecule has 0 saturated heterocycles. The molecule has 1 amide bonds. The van der Waals surface area contributed by atoms with E-state index in [2.05, 4.69) is 10.4 Å². The Morgan fingerprint density at radius 1 is 1.72 bits per heavy atom. The monoisotopic (exact) mass is 253 g/mol. The van der Waals surface area contributed by atoms with E-state index in [-0.39, 0.29) is 18.6 Å². The molecule has 0 spiro atoms. The Bertz CT molecular complexity index is 401. The molecule has 18 heavy (non-hydrogen) atoms. The summed E-state index contributed by atoms with van der Waals surface area (Å²) in [6.07, 6.45) is 5.34. The summed E-state index contributed by atoms with van der Waals surface area (Å²) in [4.78, 5) is 11.6. The zero-order valence-electron chi connectivity index (χ0n) is 10.7. The first-order valence-electron chi connectivity index (χ1n) is 5.73. The highest BCUT2D eigenvalue weighted by Crippen LogP contribution is 1.99. The van der Waals surface area contributed by atoms with E-state index in [4.69, 9.17) is 9.84 Å². The van der Waals surface area contributed by atoms with E-state index in [1.165, 1.54) is 6.08 Å². The molecular formula is C12H19N3O3. The maximum atomic E-state index is 11.6. The molecule has 1 heterocycles. The molecule has 0 bridgehead atoms. The van der Waals surface area contributed by atoms with Gasteiger partial charge in [0.15, 0.2) is 0 Å². The van der Waals surface area contributed by atoms with Gasteiger partial charge in [-0.2, -0.15) is 5.10 Å². The molecule has 0 radical (unpaired) electrons. The molecule has 6 nitrogen and oxygen atoms in total. The molecule has 0 aromatic carbocycles. The second kappa shape index (κ2) is 7.62. The van der Waals surface area contributed by atoms with Crippen molar-refractivity contribution < 1.29 is 14.6 Å². The molecule has 1 rings (SSSR count). The zero-order valence-corrected chi connectivity index (χ0v) is 10.7. The number of nitrogens with zero attached hydrogens (tertiary/aromatic N) is 2. The molecule has 1 unspecified atom stereocenters. The van der Waals surface area contributed by atoms with Crippen molar-refractivity contribution in [2.24, 2.45) is 7.05 Å². The van der Waals surface area contributed by atoms with Crippen LogP contribution in [0.3, 0.4) is 0 Å². The van der Waals surface area contributed by atoms with Crippen molar-refractivity contribution in [3.63, 3.8) is 0 Å². The molecule has 6 heteroatoms. The van der Waals surface area contributed by atoms with Crippen molar-refractivity contribution in [1.29, 1.82) is 0 Å². The number of aryl methyl sites for hydroxylation is 1. The number of hydrogen-bond acceptors (Lipinski definition) is 4. The van der Waals surface area contributed by atoms with Crippen molar-refractivity contribution in [3.05, 3.63) is 24.0 Å². The summed E-state index contributed by atoms with van der Waals surface area (Å²) in [5, 5.41) is 15.8. The number of aromatic nitrogens is 2. The molecule has 0 fully saturated rings. The van der Waals surface area contributed by atoms with Crippen molar-refractivity contribution in [1.82, 2.24) is 15.1 Å². The maximum absolute atomic E-state index is 11.6. The Hall–Kier alpha value is -1.66. The van der Waals surface area contributed by atoms with Crippen molar-refractivity contribution in [2.45, 2.75) is 12.5 Å². The lowest BCUT2D eigenvalue weighted by molar-refractivity contribution is -0.117. The minimum Gasteiger partial charge on any atom is -0.394 e. The average molecular weight is 253 g/mol. The Kier molecular flexibility index (Phi) is 6.10. The van der Waals surface area contributed by atoms with Crippen LogP contribution < -0.4 is 5.32 Å². The Labute approximate surface area is 106 Å². The number of aliphatic hydroxyl groups excluding tert-OH is 1. The number of aliphatic hydroxyl groups is 1. The van der Waals surface area contributed by atoms with Crippen LogP contribution in [0, 0.1) is 0 Å². The van der Waals surface area contributed by atoms with Crippen LogP contribution in [0.25, 0.3) is 6.08 Å². The summed E-state index contributed by atoms with van der Waals surface area (Å²) >= 11 is 0. The van der Waals surface area contributed by atoms with Gasteiger partial charge in [0, 0.05) is 33.0 Å². The molecule has 100 valence electrons. The highest BCUT2D eigenvalue weighted by atomic mass is 16.5. The standard InChI is InChI=1S/C12H19N3O3/c1-15-11(5-7-13-15)3-4-12(17)14-10(9-16)6-8-18-2/h3-5,7,10,16H,6,8-9H2,1-2H3,(H,14,17)/b4-3+. The topological polar surface area (TPSA) is 76.4 Å². The van der Waals surface area contributed by atoms with E-state index < -0.39 is 0 Å². The second-order valence-electron chi connectivity index (χ2n) is 3.88. The molecule has 0 aliphatic rings. The number of hydrogen-bond donors (Lipinski definition) is 2. The summed E-state index contributed by atoms with van der Waals surface area (Å²) in [6.45, 7) is 0.394. The number of carbonyl (C=O) groups is 1. The van der Waals surface area contributed by atoms with Gasteiger partial charge in [0.2, 0.25) is 5.91 Å². The van der Waals surface area contributed by atoms with Crippen molar-refractivity contribution in [2.75, 3.05) is 20.3 Å². The van der Waals surface area contributed by atoms with Gasteiger partial charge in [0.05, 0.1) is 18.3 Å². The van der Waals surface area contributed by atoms with E-state index in [0.717, 1.165) is 5.69 Å². The normalized spacial score (nSPS) is 12.8. The predicted molar refractivity (Wildman–Crippen MR) is 67.8 cm³/mol. The second-order valence-corrected chi connectivity index (χ2v) is 3.88. The smallest absolute Gasteiger partial charge is 0.244 e. The van der Waals surface area contributed by atoms with E-state index in [9.17, 15) is 4.79 Å². The van der Waals surface area contributed by atoms with Crippen LogP contribution in [0.1, 0.15) is 12.1 Å². The van der Waals surface area contributed by atoms with E-state index in [1.807, 2.05) is 0 Å². The minimum absolute atomic E-state index is 0.103. The molecule has 0 aliphatic carbocycles. The fraction of sp³-hybridized carbons (Fsp3) is 0.500. The molecular weight excluding hydrogens is 234 g/mol. The van der Waals surface area contributed by atoms with Crippen LogP contribution in [-0.2, 0) is 16.6 Å². The summed E-state index contributed by atoms with van der Waals surface area (Å²) < 4.78 is 6.56. The van der Waals surface area contributed by atoms with Crippen molar-refractivity contribution in [3.8, 4) is 0 Å². The first-order valence-corrected chi connectivity index (χ1v) is 5.73. The van der Waals surface area contributed by atoms with Gasteiger partial charge in [-0.1, -0.05) is 0 Å². The largest absolute Gasteiger partial charge is 0.394 e. The van der Waals surface area contributed by atoms with Gasteiger partial charge in [-0.3, -0.25) is 9.48 Å². The Balaban J connectivity index is 2.45. The minimum atomic E-state index is -0.284. The summed E-state index contributed by atoms with van der Waals surface area (Å²) in [5.41, 5.74) is 0.836. The molecule has 1 aromatic rings. The number of nitrogens with one attached hydrogen (secondary N) is 1. The Morgan fingerprint density at radius 2 is 2.50 bits per heavy atom. The van der Waals surface area contributed by atoms with Gasteiger partial charge >= 0.3 is 0 Å². The number of rotatable bonds is 7. The van der Waals surface area contributed by atoms with Crippen LogP contribution >= 0.6 is 0 Å². The van der Waals surface area contributed by atoms with E-state index >= 15 is 0 Å². The number of ether oxygens (including phenoxy) is 1. The number of carbonyl (C=O) groups excluding carboxylic acids is 1. The highest BCUT2D eigenvalue weighted by molar-refractivity contribution is 5.91. The number of amides is 1. The van der Waals surface area contributed by atoms with E-state index in [1.54, 1.807) is 37.2 Å². The zero-order chi connectivity index (χ0) is 13.4. The third-order valence-corrected chi connectivity index (χ3v) is 2.50. The molecule has 0 saturated carbocycles. The summed E-state index contributed by atoms with van der Waals surface area (Å²) in [5.74, 6) is -0.244. The van der Waals surface area contributed by atoms with Gasteiger partial charge in [-0.15, -0.1) is 0 Å². The van der Waals surface area contributed by atoms with Gasteiger partial charge < -0.3 is 15.2 Å². The average Bonchev–Trinajstić information content (AvgIpc) is 2.77. The van der Waals surface area contributed by atoms with Crippen LogP contribution in [0.4, 0.5) is 0 Å². The molecule has 1 aromatic heterocycles. The fourth-order valence-corrected chi connectivity index (χ4v) is 1.43. The maximum Gasteiger partial charge on any atom is 0.244 e. The Morgan fingerprint density at radius 3 is 3.06 bits per heavy atom. The van der Waals surface area contributed by atoms with Crippen LogP contribution in [0.15, 0.2) is 18.3 Å². The first kappa shape index (κ1) is 14.4. The summed E-state index contributed by atoms with van der Waals surface area (Å²) in [7, 11) is 3.38. The highest BCUT2D eigenvalue weighted by Gasteiger charge is 2.08. The quantitative estimate of drug-likeness (QED) is 0.668. The van der Waals surface area contributed by atoms with Crippen LogP contribution in [-0.4, -0.2) is 47.2 Å². The predicted octanol–water partition coefficient (Wildman–Crippen LogP) is -0.0531. The lowest BCUT2D eigenvalue weighted by Gasteiger charge is -2.14. The van der Waals surface area contributed by atoms with Crippen LogP contribution in [0.2, 0.25) is 0 Å². The van der Waals surface area contributed by atoms with Gasteiger partial charge in [0.1, 0.15) is 0 Å². The molecule has 1 atom stereocenters.